The van der Waals surface area contributed by atoms with Gasteiger partial charge in [0, 0.05) is 16.7 Å². The van der Waals surface area contributed by atoms with E-state index < -0.39 is 6.16 Å². The number of carbonyl (C=O) groups is 2. The van der Waals surface area contributed by atoms with Gasteiger partial charge in [0.2, 0.25) is 0 Å². The number of aryl methyl sites for hydroxylation is 1. The first-order valence-corrected chi connectivity index (χ1v) is 12.3. The first-order chi connectivity index (χ1) is 15.6. The third kappa shape index (κ3) is 3.43. The summed E-state index contributed by atoms with van der Waals surface area (Å²) in [6.45, 7) is 0. The van der Waals surface area contributed by atoms with E-state index in [0.717, 1.165) is 80.6 Å². The van der Waals surface area contributed by atoms with Gasteiger partial charge in [0.25, 0.3) is 11.8 Å². The van der Waals surface area contributed by atoms with Crippen molar-refractivity contribution < 1.29 is 24.0 Å². The van der Waals surface area contributed by atoms with Gasteiger partial charge in [-0.3, -0.25) is 4.79 Å². The maximum Gasteiger partial charge on any atom is 0.511 e. The molecule has 0 spiro atoms. The lowest BCUT2D eigenvalue weighted by Gasteiger charge is -2.37. The van der Waals surface area contributed by atoms with Crippen LogP contribution in [0, 0.1) is 11.8 Å². The van der Waals surface area contributed by atoms with Crippen LogP contribution in [0.1, 0.15) is 73.5 Å². The van der Waals surface area contributed by atoms with Gasteiger partial charge in [-0.05, 0) is 75.7 Å². The number of anilines is 1. The average molecular weight is 456 g/mol. The fourth-order valence-corrected chi connectivity index (χ4v) is 6.77. The number of hydrogen-bond acceptors (Lipinski definition) is 7. The average Bonchev–Trinajstić information content (AvgIpc) is 3.41. The van der Waals surface area contributed by atoms with Crippen molar-refractivity contribution in [1.29, 1.82) is 0 Å². The summed E-state index contributed by atoms with van der Waals surface area (Å²) in [6.07, 6.45) is 8.48. The number of allylic oxidation sites excluding steroid dienone is 1. The molecule has 5 aliphatic rings. The molecule has 7 rings (SSSR count). The van der Waals surface area contributed by atoms with Crippen LogP contribution in [0.3, 0.4) is 0 Å². The number of nitrogens with zero attached hydrogens (tertiary/aromatic N) is 2. The lowest BCUT2D eigenvalue weighted by atomic mass is 9.70. The number of aromatic nitrogens is 2. The van der Waals surface area contributed by atoms with E-state index in [4.69, 9.17) is 9.26 Å². The Morgan fingerprint density at radius 2 is 1.75 bits per heavy atom. The second-order valence-electron chi connectivity index (χ2n) is 9.30. The number of hydrogen-bond donors (Lipinski definition) is 2. The zero-order chi connectivity index (χ0) is 21.8. The van der Waals surface area contributed by atoms with Crippen LogP contribution in [-0.2, 0) is 22.4 Å². The molecule has 0 aliphatic heterocycles. The number of carbonyl (C=O) groups excluding carboxylic acids is 1. The van der Waals surface area contributed by atoms with Crippen molar-refractivity contribution in [2.75, 3.05) is 5.32 Å². The van der Waals surface area contributed by atoms with E-state index in [1.54, 1.807) is 11.3 Å². The molecule has 1 amide bonds. The molecule has 32 heavy (non-hydrogen) atoms. The van der Waals surface area contributed by atoms with Crippen LogP contribution in [0.15, 0.2) is 15.9 Å². The lowest BCUT2D eigenvalue weighted by Crippen LogP contribution is -2.34. The third-order valence-corrected chi connectivity index (χ3v) is 8.42. The Hall–Kier alpha value is -2.68. The highest BCUT2D eigenvalue weighted by Gasteiger charge is 2.41. The van der Waals surface area contributed by atoms with Crippen LogP contribution < -0.4 is 5.32 Å². The number of ether oxygens (including phenoxy) is 1. The first kappa shape index (κ1) is 20.0. The Labute approximate surface area is 189 Å². The van der Waals surface area contributed by atoms with Crippen molar-refractivity contribution in [2.24, 2.45) is 11.8 Å². The Morgan fingerprint density at radius 1 is 1.03 bits per heavy atom. The van der Waals surface area contributed by atoms with Crippen LogP contribution in [0.5, 0.6) is 0 Å². The highest BCUT2D eigenvalue weighted by atomic mass is 32.1. The topological polar surface area (TPSA) is 115 Å². The molecule has 168 valence electrons. The molecule has 0 atom stereocenters. The van der Waals surface area contributed by atoms with E-state index in [2.05, 4.69) is 15.5 Å². The largest absolute Gasteiger partial charge is 0.511 e. The Kier molecular flexibility index (Phi) is 4.82. The standard InChI is InChI=1S/C23H25N3O5S/c27-20(16-11-5-7-12(8-6-11)18(16)30-23(28)29)25-22-17(14-3-1-2-4-15(14)32-22)21-24-19(26-31-21)13-9-10-13/h11-13H,1-10H2,(H,25,27)(H,28,29). The maximum absolute atomic E-state index is 13.5. The van der Waals surface area contributed by atoms with Crippen molar-refractivity contribution in [3.8, 4) is 11.5 Å². The van der Waals surface area contributed by atoms with Crippen molar-refractivity contribution in [1.82, 2.24) is 10.1 Å². The van der Waals surface area contributed by atoms with Crippen LogP contribution in [0.2, 0.25) is 0 Å². The zero-order valence-corrected chi connectivity index (χ0v) is 18.5. The summed E-state index contributed by atoms with van der Waals surface area (Å²) >= 11 is 1.58. The van der Waals surface area contributed by atoms with E-state index in [0.29, 0.717) is 23.1 Å². The Balaban J connectivity index is 1.37. The minimum absolute atomic E-state index is 0.00454. The third-order valence-electron chi connectivity index (χ3n) is 7.21. The van der Waals surface area contributed by atoms with E-state index >= 15 is 0 Å². The van der Waals surface area contributed by atoms with Gasteiger partial charge in [-0.15, -0.1) is 11.3 Å². The van der Waals surface area contributed by atoms with E-state index in [1.807, 2.05) is 0 Å². The summed E-state index contributed by atoms with van der Waals surface area (Å²) < 4.78 is 10.8. The molecule has 2 fully saturated rings. The molecule has 5 aliphatic carbocycles. The lowest BCUT2D eigenvalue weighted by molar-refractivity contribution is -0.114. The molecule has 9 heteroatoms. The molecule has 2 bridgehead atoms. The summed E-state index contributed by atoms with van der Waals surface area (Å²) in [5, 5.41) is 17.2. The Bertz CT molecular complexity index is 1120. The van der Waals surface area contributed by atoms with Crippen molar-refractivity contribution in [3.63, 3.8) is 0 Å². The van der Waals surface area contributed by atoms with Gasteiger partial charge in [-0.25, -0.2) is 4.79 Å². The minimum Gasteiger partial charge on any atom is -0.449 e. The van der Waals surface area contributed by atoms with Crippen LogP contribution in [-0.4, -0.2) is 27.3 Å². The van der Waals surface area contributed by atoms with Gasteiger partial charge in [-0.1, -0.05) is 5.16 Å². The molecule has 2 aromatic heterocycles. The van der Waals surface area contributed by atoms with E-state index in [-0.39, 0.29) is 17.7 Å². The van der Waals surface area contributed by atoms with Crippen LogP contribution in [0.4, 0.5) is 9.80 Å². The molecule has 0 unspecified atom stereocenters. The number of rotatable bonds is 5. The van der Waals surface area contributed by atoms with Crippen LogP contribution >= 0.6 is 11.3 Å². The summed E-state index contributed by atoms with van der Waals surface area (Å²) in [6, 6.07) is 0. The zero-order valence-electron chi connectivity index (χ0n) is 17.7. The SMILES string of the molecule is O=C(O)OC1=C(C(=O)Nc2sc3c(c2-c2nc(C4CC4)no2)CCCC3)C2CCC1CC2. The molecule has 2 N–H and O–H groups in total. The number of amides is 1. The second kappa shape index (κ2) is 7.72. The first-order valence-electron chi connectivity index (χ1n) is 11.5. The summed E-state index contributed by atoms with van der Waals surface area (Å²) in [4.78, 5) is 30.7. The quantitative estimate of drug-likeness (QED) is 0.591. The van der Waals surface area contributed by atoms with E-state index in [1.165, 1.54) is 10.4 Å². The molecule has 2 aromatic rings. The molecule has 2 heterocycles. The van der Waals surface area contributed by atoms with Gasteiger partial charge in [0.15, 0.2) is 5.82 Å². The maximum atomic E-state index is 13.5. The molecule has 0 radical (unpaired) electrons. The summed E-state index contributed by atoms with van der Waals surface area (Å²) in [7, 11) is 0. The van der Waals surface area contributed by atoms with E-state index in [9.17, 15) is 14.7 Å². The van der Waals surface area contributed by atoms with Gasteiger partial charge in [-0.2, -0.15) is 4.98 Å². The number of carboxylic acid groups (broad SMARTS) is 1. The molecule has 0 saturated heterocycles. The predicted molar refractivity (Wildman–Crippen MR) is 116 cm³/mol. The number of nitrogens with one attached hydrogen (secondary N) is 1. The summed E-state index contributed by atoms with van der Waals surface area (Å²) in [5.41, 5.74) is 2.54. The summed E-state index contributed by atoms with van der Waals surface area (Å²) in [5.74, 6) is 1.73. The smallest absolute Gasteiger partial charge is 0.449 e. The molecule has 2 saturated carbocycles. The molecule has 8 nitrogen and oxygen atoms in total. The van der Waals surface area contributed by atoms with Crippen molar-refractivity contribution >= 4 is 28.4 Å². The second-order valence-corrected chi connectivity index (χ2v) is 10.4. The highest BCUT2D eigenvalue weighted by Crippen LogP contribution is 2.48. The molecule has 0 aromatic carbocycles. The predicted octanol–water partition coefficient (Wildman–Crippen LogP) is 5.26. The van der Waals surface area contributed by atoms with Gasteiger partial charge >= 0.3 is 6.16 Å². The van der Waals surface area contributed by atoms with Crippen molar-refractivity contribution in [2.45, 2.75) is 70.1 Å². The normalized spacial score (nSPS) is 24.4. The molecular formula is C23H25N3O5S. The molecular weight excluding hydrogens is 430 g/mol. The Morgan fingerprint density at radius 3 is 2.50 bits per heavy atom. The van der Waals surface area contributed by atoms with Gasteiger partial charge in [0.1, 0.15) is 10.8 Å². The number of fused-ring (bicyclic) bond motifs is 3. The van der Waals surface area contributed by atoms with Crippen molar-refractivity contribution in [3.05, 3.63) is 27.6 Å². The monoisotopic (exact) mass is 455 g/mol. The van der Waals surface area contributed by atoms with Crippen LogP contribution in [0.25, 0.3) is 11.5 Å². The fraction of sp³-hybridized carbons (Fsp3) is 0.565. The van der Waals surface area contributed by atoms with Gasteiger partial charge < -0.3 is 19.7 Å². The van der Waals surface area contributed by atoms with Gasteiger partial charge in [0.05, 0.1) is 11.1 Å². The number of thiophene rings is 1. The minimum atomic E-state index is -1.36. The fourth-order valence-electron chi connectivity index (χ4n) is 5.49. The highest BCUT2D eigenvalue weighted by molar-refractivity contribution is 7.17.